The van der Waals surface area contributed by atoms with E-state index in [1.54, 1.807) is 18.4 Å². The van der Waals surface area contributed by atoms with E-state index < -0.39 is 12.0 Å². The lowest BCUT2D eigenvalue weighted by Crippen LogP contribution is -2.39. The van der Waals surface area contributed by atoms with Crippen LogP contribution in [-0.2, 0) is 16.1 Å². The lowest BCUT2D eigenvalue weighted by atomic mass is 9.93. The van der Waals surface area contributed by atoms with Gasteiger partial charge in [0.15, 0.2) is 4.80 Å². The fraction of sp³-hybridized carbons (Fsp3) is 0.242. The Balaban J connectivity index is 1.53. The molecule has 5 rings (SSSR count). The number of benzene rings is 3. The second-order valence-electron chi connectivity index (χ2n) is 10.2. The minimum absolute atomic E-state index is 0.193. The summed E-state index contributed by atoms with van der Waals surface area (Å²) >= 11 is 5.89. The Morgan fingerprint density at radius 3 is 2.55 bits per heavy atom. The van der Waals surface area contributed by atoms with Gasteiger partial charge in [-0.2, -0.15) is 0 Å². The van der Waals surface area contributed by atoms with Crippen LogP contribution in [0.25, 0.3) is 6.08 Å². The van der Waals surface area contributed by atoms with Crippen LogP contribution in [0, 0.1) is 7.14 Å². The molecule has 1 aliphatic heterocycles. The molecule has 0 saturated heterocycles. The fourth-order valence-corrected chi connectivity index (χ4v) is 7.65. The van der Waals surface area contributed by atoms with Crippen molar-refractivity contribution in [3.05, 3.63) is 127 Å². The molecule has 1 aromatic heterocycles. The number of carbonyl (C=O) groups excluding carboxylic acids is 1. The molecule has 1 aliphatic rings. The molecule has 3 aromatic carbocycles. The van der Waals surface area contributed by atoms with Crippen molar-refractivity contribution >= 4 is 68.6 Å². The minimum atomic E-state index is -0.625. The van der Waals surface area contributed by atoms with Crippen LogP contribution >= 0.6 is 56.5 Å². The summed E-state index contributed by atoms with van der Waals surface area (Å²) in [5.74, 6) is 0.745. The van der Waals surface area contributed by atoms with Crippen molar-refractivity contribution in [2.75, 3.05) is 6.61 Å². The highest BCUT2D eigenvalue weighted by Crippen LogP contribution is 2.31. The van der Waals surface area contributed by atoms with Crippen LogP contribution in [0.2, 0.25) is 0 Å². The van der Waals surface area contributed by atoms with Gasteiger partial charge < -0.3 is 9.47 Å². The largest absolute Gasteiger partial charge is 0.488 e. The number of fused-ring (bicyclic) bond motifs is 1. The van der Waals surface area contributed by atoms with Gasteiger partial charge in [-0.15, -0.1) is 0 Å². The van der Waals surface area contributed by atoms with Gasteiger partial charge in [0.2, 0.25) is 0 Å². The average molecular weight is 804 g/mol. The first kappa shape index (κ1) is 30.7. The van der Waals surface area contributed by atoms with Crippen molar-refractivity contribution in [1.82, 2.24) is 4.57 Å². The normalized spacial score (nSPS) is 15.0. The van der Waals surface area contributed by atoms with Gasteiger partial charge in [0.05, 0.1) is 32.0 Å². The van der Waals surface area contributed by atoms with Gasteiger partial charge in [0.1, 0.15) is 12.4 Å². The van der Waals surface area contributed by atoms with Crippen molar-refractivity contribution in [3.8, 4) is 5.75 Å². The third-order valence-electron chi connectivity index (χ3n) is 6.97. The number of allylic oxidation sites excluding steroid dienone is 1. The van der Waals surface area contributed by atoms with E-state index in [4.69, 9.17) is 9.47 Å². The number of halogens is 2. The van der Waals surface area contributed by atoms with E-state index in [1.807, 2.05) is 54.6 Å². The standard InChI is InChI=1S/C33H30I2N2O4S/c1-5-40-32(39)29-20(4)36-33-37(30(29)24-11-9-23(10-12-24)19(2)3)31(38)28(42-33)16-21-7-6-8-22(15-21)18-41-27-14-13-25(34)17-26(27)35/h6-17,19,30H,5,18H2,1-4H3/b28-16-/t30-/m1/s1. The summed E-state index contributed by atoms with van der Waals surface area (Å²) in [4.78, 5) is 32.4. The maximum absolute atomic E-state index is 14.0. The van der Waals surface area contributed by atoms with E-state index in [0.717, 1.165) is 29.6 Å². The van der Waals surface area contributed by atoms with E-state index in [9.17, 15) is 9.59 Å². The highest BCUT2D eigenvalue weighted by molar-refractivity contribution is 14.1. The molecule has 2 heterocycles. The third kappa shape index (κ3) is 6.57. The maximum atomic E-state index is 14.0. The average Bonchev–Trinajstić information content (AvgIpc) is 3.26. The first-order valence-electron chi connectivity index (χ1n) is 13.6. The monoisotopic (exact) mass is 804 g/mol. The predicted molar refractivity (Wildman–Crippen MR) is 184 cm³/mol. The summed E-state index contributed by atoms with van der Waals surface area (Å²) in [5.41, 5.74) is 4.66. The molecule has 0 spiro atoms. The van der Waals surface area contributed by atoms with Gasteiger partial charge in [-0.1, -0.05) is 67.6 Å². The molecular formula is C33H30I2N2O4S. The van der Waals surface area contributed by atoms with Crippen LogP contribution in [-0.4, -0.2) is 17.1 Å². The maximum Gasteiger partial charge on any atom is 0.338 e. The van der Waals surface area contributed by atoms with E-state index in [0.29, 0.717) is 33.1 Å². The molecule has 42 heavy (non-hydrogen) atoms. The van der Waals surface area contributed by atoms with E-state index in [2.05, 4.69) is 82.2 Å². The number of esters is 1. The van der Waals surface area contributed by atoms with Crippen molar-refractivity contribution in [2.45, 2.75) is 46.3 Å². The van der Waals surface area contributed by atoms with Gasteiger partial charge in [0, 0.05) is 3.57 Å². The number of ether oxygens (including phenoxy) is 2. The summed E-state index contributed by atoms with van der Waals surface area (Å²) in [6, 6.07) is 21.5. The molecule has 1 atom stereocenters. The van der Waals surface area contributed by atoms with E-state index >= 15 is 0 Å². The smallest absolute Gasteiger partial charge is 0.338 e. The molecular weight excluding hydrogens is 774 g/mol. The Morgan fingerprint density at radius 2 is 1.86 bits per heavy atom. The Labute approximate surface area is 276 Å². The van der Waals surface area contributed by atoms with E-state index in [1.165, 1.54) is 16.9 Å². The van der Waals surface area contributed by atoms with Crippen LogP contribution < -0.4 is 19.6 Å². The number of thiazole rings is 1. The molecule has 9 heteroatoms. The van der Waals surface area contributed by atoms with Crippen LogP contribution in [0.5, 0.6) is 5.75 Å². The summed E-state index contributed by atoms with van der Waals surface area (Å²) in [6.07, 6.45) is 1.88. The minimum Gasteiger partial charge on any atom is -0.488 e. The number of rotatable bonds is 8. The molecule has 216 valence electrons. The zero-order valence-electron chi connectivity index (χ0n) is 23.7. The molecule has 0 N–H and O–H groups in total. The van der Waals surface area contributed by atoms with Crippen molar-refractivity contribution < 1.29 is 14.3 Å². The summed E-state index contributed by atoms with van der Waals surface area (Å²) in [6.45, 7) is 8.50. The predicted octanol–water partition coefficient (Wildman–Crippen LogP) is 6.71. The van der Waals surface area contributed by atoms with Gasteiger partial charge in [-0.25, -0.2) is 9.79 Å². The van der Waals surface area contributed by atoms with Gasteiger partial charge >= 0.3 is 5.97 Å². The van der Waals surface area contributed by atoms with E-state index in [-0.39, 0.29) is 12.2 Å². The highest BCUT2D eigenvalue weighted by atomic mass is 127. The number of aromatic nitrogens is 1. The SMILES string of the molecule is CCOC(=O)C1=C(C)N=c2s/c(=C\c3cccc(COc4ccc(I)cc4I)c3)c(=O)n2[C@@H]1c1ccc(C(C)C)cc1. The Kier molecular flexibility index (Phi) is 9.68. The lowest BCUT2D eigenvalue weighted by Gasteiger charge is -2.25. The summed E-state index contributed by atoms with van der Waals surface area (Å²) in [5, 5.41) is 0. The van der Waals surface area contributed by atoms with Gasteiger partial charge in [-0.3, -0.25) is 9.36 Å². The highest BCUT2D eigenvalue weighted by Gasteiger charge is 2.33. The van der Waals surface area contributed by atoms with Crippen molar-refractivity contribution in [1.29, 1.82) is 0 Å². The van der Waals surface area contributed by atoms with Crippen molar-refractivity contribution in [2.24, 2.45) is 4.99 Å². The van der Waals surface area contributed by atoms with Gasteiger partial charge in [-0.05, 0) is 118 Å². The number of hydrogen-bond acceptors (Lipinski definition) is 6. The molecule has 0 radical (unpaired) electrons. The Morgan fingerprint density at radius 1 is 1.10 bits per heavy atom. The van der Waals surface area contributed by atoms with Crippen LogP contribution in [0.1, 0.15) is 61.9 Å². The quantitative estimate of drug-likeness (QED) is 0.147. The second-order valence-corrected chi connectivity index (χ2v) is 13.6. The molecule has 0 bridgehead atoms. The lowest BCUT2D eigenvalue weighted by molar-refractivity contribution is -0.139. The molecule has 0 amide bonds. The zero-order chi connectivity index (χ0) is 30.0. The fourth-order valence-electron chi connectivity index (χ4n) is 4.85. The molecule has 0 unspecified atom stereocenters. The number of hydrogen-bond donors (Lipinski definition) is 0. The third-order valence-corrected chi connectivity index (χ3v) is 9.47. The zero-order valence-corrected chi connectivity index (χ0v) is 28.8. The number of carbonyl (C=O) groups is 1. The second kappa shape index (κ2) is 13.3. The number of nitrogens with zero attached hydrogens (tertiary/aromatic N) is 2. The molecule has 0 fully saturated rings. The molecule has 4 aromatic rings. The molecule has 6 nitrogen and oxygen atoms in total. The van der Waals surface area contributed by atoms with Crippen LogP contribution in [0.15, 0.2) is 87.8 Å². The molecule has 0 aliphatic carbocycles. The van der Waals surface area contributed by atoms with Crippen molar-refractivity contribution in [3.63, 3.8) is 0 Å². The summed E-state index contributed by atoms with van der Waals surface area (Å²) in [7, 11) is 0. The van der Waals surface area contributed by atoms with Gasteiger partial charge in [0.25, 0.3) is 5.56 Å². The first-order chi connectivity index (χ1) is 20.2. The topological polar surface area (TPSA) is 69.9 Å². The van der Waals surface area contributed by atoms with Crippen LogP contribution in [0.3, 0.4) is 0 Å². The molecule has 0 saturated carbocycles. The Bertz CT molecular complexity index is 1860. The Hall–Kier alpha value is -2.77. The first-order valence-corrected chi connectivity index (χ1v) is 16.6. The summed E-state index contributed by atoms with van der Waals surface area (Å²) < 4.78 is 15.9. The van der Waals surface area contributed by atoms with Crippen LogP contribution in [0.4, 0.5) is 0 Å².